The topological polar surface area (TPSA) is 140 Å². The van der Waals surface area contributed by atoms with Crippen LogP contribution in [0.2, 0.25) is 0 Å². The van der Waals surface area contributed by atoms with Crippen molar-refractivity contribution in [3.63, 3.8) is 0 Å². The Morgan fingerprint density at radius 2 is 1.71 bits per heavy atom. The van der Waals surface area contributed by atoms with Gasteiger partial charge in [0.15, 0.2) is 6.29 Å². The van der Waals surface area contributed by atoms with Crippen molar-refractivity contribution in [3.05, 3.63) is 0 Å². The number of aliphatic hydroxyl groups excluding tert-OH is 6. The molecular weight excluding hydrogens is 236 g/mol. The van der Waals surface area contributed by atoms with E-state index in [0.29, 0.717) is 0 Å². The number of ether oxygens (including phenoxy) is 2. The Kier molecular flexibility index (Phi) is 5.70. The molecule has 0 bridgehead atoms. The standard InChI is InChI=1S/C9H18O8/c10-1-4(12)3-16-9-8(15)7(14)6(13)5(2-11)17-9/h4-15H,1-3H2/t4?,5?,6?,7?,8?,9-/m1/s1. The minimum absolute atomic E-state index is 0.306. The first-order valence-electron chi connectivity index (χ1n) is 5.22. The molecule has 1 aliphatic rings. The maximum Gasteiger partial charge on any atom is 0.186 e. The Morgan fingerprint density at radius 1 is 1.06 bits per heavy atom. The molecule has 0 saturated carbocycles. The monoisotopic (exact) mass is 254 g/mol. The number of hydrogen-bond acceptors (Lipinski definition) is 8. The van der Waals surface area contributed by atoms with Gasteiger partial charge in [0.05, 0.1) is 19.8 Å². The van der Waals surface area contributed by atoms with Gasteiger partial charge >= 0.3 is 0 Å². The summed E-state index contributed by atoms with van der Waals surface area (Å²) in [6, 6.07) is 0. The maximum atomic E-state index is 9.52. The van der Waals surface area contributed by atoms with E-state index in [1.54, 1.807) is 0 Å². The molecule has 0 aliphatic carbocycles. The molecule has 5 unspecified atom stereocenters. The summed E-state index contributed by atoms with van der Waals surface area (Å²) in [4.78, 5) is 0. The molecule has 0 aromatic heterocycles. The van der Waals surface area contributed by atoms with Crippen LogP contribution in [0.3, 0.4) is 0 Å². The van der Waals surface area contributed by atoms with Crippen LogP contribution in [0.4, 0.5) is 0 Å². The fourth-order valence-corrected chi connectivity index (χ4v) is 1.46. The zero-order chi connectivity index (χ0) is 13.0. The molecule has 102 valence electrons. The van der Waals surface area contributed by atoms with Crippen molar-refractivity contribution in [3.8, 4) is 0 Å². The van der Waals surface area contributed by atoms with Crippen LogP contribution in [0.5, 0.6) is 0 Å². The lowest BCUT2D eigenvalue weighted by atomic mass is 9.99. The minimum Gasteiger partial charge on any atom is -0.394 e. The molecule has 1 aliphatic heterocycles. The molecule has 1 saturated heterocycles. The van der Waals surface area contributed by atoms with Crippen molar-refractivity contribution in [2.45, 2.75) is 36.8 Å². The van der Waals surface area contributed by atoms with Crippen molar-refractivity contribution in [1.29, 1.82) is 0 Å². The van der Waals surface area contributed by atoms with Gasteiger partial charge < -0.3 is 40.1 Å². The molecule has 0 aromatic carbocycles. The molecule has 0 radical (unpaired) electrons. The minimum atomic E-state index is -1.52. The number of aliphatic hydroxyl groups is 6. The van der Waals surface area contributed by atoms with Crippen LogP contribution in [-0.2, 0) is 9.47 Å². The summed E-state index contributed by atoms with van der Waals surface area (Å²) in [5.41, 5.74) is 0. The molecule has 0 amide bonds. The molecule has 17 heavy (non-hydrogen) atoms. The lowest BCUT2D eigenvalue weighted by molar-refractivity contribution is -0.304. The Balaban J connectivity index is 2.53. The highest BCUT2D eigenvalue weighted by Gasteiger charge is 2.44. The fourth-order valence-electron chi connectivity index (χ4n) is 1.46. The predicted molar refractivity (Wildman–Crippen MR) is 52.8 cm³/mol. The van der Waals surface area contributed by atoms with Gasteiger partial charge in [-0.15, -0.1) is 0 Å². The van der Waals surface area contributed by atoms with Gasteiger partial charge in [0.2, 0.25) is 0 Å². The average molecular weight is 254 g/mol. The predicted octanol–water partition coefficient (Wildman–Crippen LogP) is -3.84. The lowest BCUT2D eigenvalue weighted by Crippen LogP contribution is -2.59. The number of hydrogen-bond donors (Lipinski definition) is 6. The van der Waals surface area contributed by atoms with Crippen molar-refractivity contribution in [1.82, 2.24) is 0 Å². The van der Waals surface area contributed by atoms with E-state index >= 15 is 0 Å². The third-order valence-electron chi connectivity index (χ3n) is 2.51. The summed E-state index contributed by atoms with van der Waals surface area (Å²) < 4.78 is 9.93. The normalized spacial score (nSPS) is 40.2. The van der Waals surface area contributed by atoms with Crippen LogP contribution in [0.1, 0.15) is 0 Å². The van der Waals surface area contributed by atoms with Crippen LogP contribution in [-0.4, -0.2) is 87.3 Å². The molecule has 1 fully saturated rings. The smallest absolute Gasteiger partial charge is 0.186 e. The van der Waals surface area contributed by atoms with Gasteiger partial charge in [-0.2, -0.15) is 0 Å². The Bertz CT molecular complexity index is 223. The van der Waals surface area contributed by atoms with E-state index < -0.39 is 50.0 Å². The quantitative estimate of drug-likeness (QED) is 0.293. The van der Waals surface area contributed by atoms with E-state index in [0.717, 1.165) is 0 Å². The van der Waals surface area contributed by atoms with Gasteiger partial charge in [-0.25, -0.2) is 0 Å². The maximum absolute atomic E-state index is 9.52. The molecule has 1 heterocycles. The molecule has 1 rings (SSSR count). The van der Waals surface area contributed by atoms with Crippen molar-refractivity contribution in [2.75, 3.05) is 19.8 Å². The third-order valence-corrected chi connectivity index (χ3v) is 2.51. The third kappa shape index (κ3) is 3.57. The highest BCUT2D eigenvalue weighted by atomic mass is 16.7. The van der Waals surface area contributed by atoms with E-state index in [1.165, 1.54) is 0 Å². The summed E-state index contributed by atoms with van der Waals surface area (Å²) >= 11 is 0. The summed E-state index contributed by atoms with van der Waals surface area (Å²) in [7, 11) is 0. The van der Waals surface area contributed by atoms with Crippen molar-refractivity contribution in [2.24, 2.45) is 0 Å². The first-order valence-corrected chi connectivity index (χ1v) is 5.22. The summed E-state index contributed by atoms with van der Waals surface area (Å²) in [5.74, 6) is 0. The van der Waals surface area contributed by atoms with Gasteiger partial charge in [-0.1, -0.05) is 0 Å². The Morgan fingerprint density at radius 3 is 2.24 bits per heavy atom. The van der Waals surface area contributed by atoms with Gasteiger partial charge in [-0.05, 0) is 0 Å². The summed E-state index contributed by atoms with van der Waals surface area (Å²) in [5, 5.41) is 54.9. The van der Waals surface area contributed by atoms with Crippen LogP contribution in [0.15, 0.2) is 0 Å². The largest absolute Gasteiger partial charge is 0.394 e. The lowest BCUT2D eigenvalue weighted by Gasteiger charge is -2.39. The van der Waals surface area contributed by atoms with E-state index in [-0.39, 0.29) is 6.61 Å². The second-order valence-corrected chi connectivity index (χ2v) is 3.87. The zero-order valence-electron chi connectivity index (χ0n) is 9.09. The van der Waals surface area contributed by atoms with Crippen LogP contribution in [0, 0.1) is 0 Å². The highest BCUT2D eigenvalue weighted by Crippen LogP contribution is 2.21. The second-order valence-electron chi connectivity index (χ2n) is 3.87. The molecule has 0 spiro atoms. The van der Waals surface area contributed by atoms with Crippen molar-refractivity contribution >= 4 is 0 Å². The average Bonchev–Trinajstić information content (AvgIpc) is 2.34. The molecular formula is C9H18O8. The van der Waals surface area contributed by atoms with Crippen molar-refractivity contribution < 1.29 is 40.1 Å². The first-order chi connectivity index (χ1) is 8.01. The zero-order valence-corrected chi connectivity index (χ0v) is 9.09. The second kappa shape index (κ2) is 6.57. The van der Waals surface area contributed by atoms with Gasteiger partial charge in [0.25, 0.3) is 0 Å². The van der Waals surface area contributed by atoms with Gasteiger partial charge in [0.1, 0.15) is 30.5 Å². The Hall–Kier alpha value is -0.320. The Labute approximate surface area is 97.6 Å². The molecule has 0 aromatic rings. The summed E-state index contributed by atoms with van der Waals surface area (Å²) in [6.45, 7) is -1.37. The van der Waals surface area contributed by atoms with Crippen LogP contribution >= 0.6 is 0 Å². The highest BCUT2D eigenvalue weighted by molar-refractivity contribution is 4.88. The SMILES string of the molecule is OCC(O)CO[C@@H]1OC(CO)C(O)C(O)C1O. The molecule has 8 nitrogen and oxygen atoms in total. The number of rotatable bonds is 5. The van der Waals surface area contributed by atoms with Crippen LogP contribution < -0.4 is 0 Å². The van der Waals surface area contributed by atoms with E-state index in [4.69, 9.17) is 24.8 Å². The van der Waals surface area contributed by atoms with Gasteiger partial charge in [-0.3, -0.25) is 0 Å². The molecule has 8 heteroatoms. The van der Waals surface area contributed by atoms with Crippen LogP contribution in [0.25, 0.3) is 0 Å². The summed E-state index contributed by atoms with van der Waals surface area (Å²) in [6.07, 6.45) is -7.94. The molecule has 6 atom stereocenters. The fraction of sp³-hybridized carbons (Fsp3) is 1.00. The van der Waals surface area contributed by atoms with E-state index in [9.17, 15) is 15.3 Å². The first kappa shape index (κ1) is 14.7. The van der Waals surface area contributed by atoms with E-state index in [2.05, 4.69) is 0 Å². The van der Waals surface area contributed by atoms with E-state index in [1.807, 2.05) is 0 Å². The molecule has 6 N–H and O–H groups in total. The van der Waals surface area contributed by atoms with Gasteiger partial charge in [0, 0.05) is 0 Å².